The second-order valence-corrected chi connectivity index (χ2v) is 8.21. The topological polar surface area (TPSA) is 72.5 Å². The molecule has 0 fully saturated rings. The number of esters is 1. The van der Waals surface area contributed by atoms with Crippen molar-refractivity contribution in [2.75, 3.05) is 12.3 Å². The van der Waals surface area contributed by atoms with Gasteiger partial charge in [0.25, 0.3) is 0 Å². The number of carbonyl (C=O) groups is 3. The third kappa shape index (κ3) is 7.71. The maximum Gasteiger partial charge on any atom is 0.325 e. The molecule has 6 heteroatoms. The lowest BCUT2D eigenvalue weighted by Gasteiger charge is -2.16. The fourth-order valence-corrected chi connectivity index (χ4v) is 3.98. The van der Waals surface area contributed by atoms with Gasteiger partial charge in [0.15, 0.2) is 0 Å². The summed E-state index contributed by atoms with van der Waals surface area (Å²) in [5.41, 5.74) is 2.47. The van der Waals surface area contributed by atoms with Gasteiger partial charge in [-0.1, -0.05) is 103 Å². The molecule has 0 spiro atoms. The van der Waals surface area contributed by atoms with Gasteiger partial charge in [-0.25, -0.2) is 0 Å². The molecule has 1 amide bonds. The lowest BCUT2D eigenvalue weighted by atomic mass is 10.0. The molecule has 0 saturated carbocycles. The Kier molecular flexibility index (Phi) is 9.07. The summed E-state index contributed by atoms with van der Waals surface area (Å²) in [4.78, 5) is 37.4. The van der Waals surface area contributed by atoms with Gasteiger partial charge in [0.1, 0.15) is 13.2 Å². The minimum Gasteiger partial charge on any atom is -0.460 e. The number of amides is 1. The third-order valence-corrected chi connectivity index (χ3v) is 5.84. The SMILES string of the molecule is O=C(CNC(=O)C(CSC(=O)c1ccccc1)Cc1ccccc1)OCc1ccccc1. The van der Waals surface area contributed by atoms with E-state index >= 15 is 0 Å². The summed E-state index contributed by atoms with van der Waals surface area (Å²) >= 11 is 1.11. The molecule has 0 aliphatic heterocycles. The highest BCUT2D eigenvalue weighted by molar-refractivity contribution is 8.14. The van der Waals surface area contributed by atoms with Crippen molar-refractivity contribution in [2.24, 2.45) is 5.92 Å². The van der Waals surface area contributed by atoms with Crippen LogP contribution >= 0.6 is 11.8 Å². The predicted molar refractivity (Wildman–Crippen MR) is 126 cm³/mol. The second kappa shape index (κ2) is 12.5. The van der Waals surface area contributed by atoms with E-state index in [9.17, 15) is 14.4 Å². The van der Waals surface area contributed by atoms with E-state index in [-0.39, 0.29) is 24.2 Å². The number of hydrogen-bond acceptors (Lipinski definition) is 5. The first-order valence-electron chi connectivity index (χ1n) is 10.3. The standard InChI is InChI=1S/C26H25NO4S/c28-24(31-18-21-12-6-2-7-13-21)17-27-25(29)23(16-20-10-4-1-5-11-20)19-32-26(30)22-14-8-3-9-15-22/h1-15,23H,16-19H2,(H,27,29). The fourth-order valence-electron chi connectivity index (χ4n) is 3.05. The highest BCUT2D eigenvalue weighted by Crippen LogP contribution is 2.19. The largest absolute Gasteiger partial charge is 0.460 e. The number of thioether (sulfide) groups is 1. The van der Waals surface area contributed by atoms with E-state index in [4.69, 9.17) is 4.74 Å². The van der Waals surface area contributed by atoms with Crippen molar-refractivity contribution in [2.45, 2.75) is 13.0 Å². The summed E-state index contributed by atoms with van der Waals surface area (Å²) < 4.78 is 5.22. The van der Waals surface area contributed by atoms with Crippen LogP contribution in [-0.4, -0.2) is 29.3 Å². The summed E-state index contributed by atoms with van der Waals surface area (Å²) in [7, 11) is 0. The normalized spacial score (nSPS) is 11.4. The lowest BCUT2D eigenvalue weighted by molar-refractivity contribution is -0.145. The van der Waals surface area contributed by atoms with Gasteiger partial charge in [-0.3, -0.25) is 14.4 Å². The molecule has 0 aliphatic rings. The molecular weight excluding hydrogens is 422 g/mol. The zero-order valence-corrected chi connectivity index (χ0v) is 18.4. The number of nitrogens with one attached hydrogen (secondary N) is 1. The molecular formula is C26H25NO4S. The summed E-state index contributed by atoms with van der Waals surface area (Å²) in [5.74, 6) is -0.933. The quantitative estimate of drug-likeness (QED) is 0.470. The molecule has 1 unspecified atom stereocenters. The average Bonchev–Trinajstić information content (AvgIpc) is 2.85. The number of benzene rings is 3. The highest BCUT2D eigenvalue weighted by Gasteiger charge is 2.22. The second-order valence-electron chi connectivity index (χ2n) is 7.22. The number of hydrogen-bond donors (Lipinski definition) is 1. The fraction of sp³-hybridized carbons (Fsp3) is 0.192. The van der Waals surface area contributed by atoms with Crippen molar-refractivity contribution >= 4 is 28.8 Å². The van der Waals surface area contributed by atoms with E-state index in [0.29, 0.717) is 17.7 Å². The van der Waals surface area contributed by atoms with Crippen molar-refractivity contribution in [3.8, 4) is 0 Å². The molecule has 0 radical (unpaired) electrons. The Labute approximate surface area is 192 Å². The Morgan fingerprint density at radius 2 is 1.34 bits per heavy atom. The van der Waals surface area contributed by atoms with E-state index in [1.54, 1.807) is 12.1 Å². The van der Waals surface area contributed by atoms with Crippen LogP contribution in [0.4, 0.5) is 0 Å². The Morgan fingerprint density at radius 3 is 1.97 bits per heavy atom. The van der Waals surface area contributed by atoms with Crippen molar-refractivity contribution in [1.29, 1.82) is 0 Å². The van der Waals surface area contributed by atoms with Gasteiger partial charge >= 0.3 is 5.97 Å². The van der Waals surface area contributed by atoms with Gasteiger partial charge in [0.2, 0.25) is 11.0 Å². The molecule has 3 aromatic carbocycles. The molecule has 0 bridgehead atoms. The van der Waals surface area contributed by atoms with E-state index in [1.165, 1.54) is 0 Å². The van der Waals surface area contributed by atoms with Crippen molar-refractivity contribution in [1.82, 2.24) is 5.32 Å². The first-order chi connectivity index (χ1) is 15.6. The van der Waals surface area contributed by atoms with Crippen molar-refractivity contribution < 1.29 is 19.1 Å². The zero-order chi connectivity index (χ0) is 22.6. The molecule has 0 aromatic heterocycles. The smallest absolute Gasteiger partial charge is 0.325 e. The minimum atomic E-state index is -0.506. The van der Waals surface area contributed by atoms with E-state index in [0.717, 1.165) is 22.9 Å². The molecule has 1 N–H and O–H groups in total. The molecule has 0 heterocycles. The van der Waals surface area contributed by atoms with Crippen LogP contribution in [0.25, 0.3) is 0 Å². The maximum absolute atomic E-state index is 12.8. The number of carbonyl (C=O) groups excluding carboxylic acids is 3. The van der Waals surface area contributed by atoms with Gasteiger partial charge in [-0.15, -0.1) is 0 Å². The van der Waals surface area contributed by atoms with E-state index in [2.05, 4.69) is 5.32 Å². The molecule has 3 aromatic rings. The van der Waals surface area contributed by atoms with Crippen LogP contribution in [0.2, 0.25) is 0 Å². The Hall–Kier alpha value is -3.38. The van der Waals surface area contributed by atoms with Gasteiger partial charge in [0, 0.05) is 11.3 Å². The zero-order valence-electron chi connectivity index (χ0n) is 17.6. The van der Waals surface area contributed by atoms with E-state index in [1.807, 2.05) is 78.9 Å². The Balaban J connectivity index is 1.54. The lowest BCUT2D eigenvalue weighted by Crippen LogP contribution is -2.37. The van der Waals surface area contributed by atoms with Crippen LogP contribution in [-0.2, 0) is 27.4 Å². The van der Waals surface area contributed by atoms with Gasteiger partial charge in [-0.05, 0) is 17.5 Å². The Morgan fingerprint density at radius 1 is 0.781 bits per heavy atom. The molecule has 3 rings (SSSR count). The first kappa shape index (κ1) is 23.3. The summed E-state index contributed by atoms with van der Waals surface area (Å²) in [6.45, 7) is -0.0569. The third-order valence-electron chi connectivity index (χ3n) is 4.77. The van der Waals surface area contributed by atoms with Gasteiger partial charge < -0.3 is 10.1 Å². The minimum absolute atomic E-state index is 0.0845. The average molecular weight is 448 g/mol. The van der Waals surface area contributed by atoms with Gasteiger partial charge in [-0.2, -0.15) is 0 Å². The first-order valence-corrected chi connectivity index (χ1v) is 11.3. The summed E-state index contributed by atoms with van der Waals surface area (Å²) in [5, 5.41) is 2.58. The highest BCUT2D eigenvalue weighted by atomic mass is 32.2. The van der Waals surface area contributed by atoms with Crippen LogP contribution < -0.4 is 5.32 Å². The van der Waals surface area contributed by atoms with Crippen LogP contribution in [0, 0.1) is 5.92 Å². The number of ether oxygens (including phenoxy) is 1. The number of rotatable bonds is 10. The van der Waals surface area contributed by atoms with E-state index < -0.39 is 11.9 Å². The molecule has 5 nitrogen and oxygen atoms in total. The van der Waals surface area contributed by atoms with Gasteiger partial charge in [0.05, 0.1) is 5.92 Å². The Bertz CT molecular complexity index is 1010. The van der Waals surface area contributed by atoms with Crippen LogP contribution in [0.15, 0.2) is 91.0 Å². The molecule has 32 heavy (non-hydrogen) atoms. The summed E-state index contributed by atoms with van der Waals surface area (Å²) in [6.07, 6.45) is 0.473. The van der Waals surface area contributed by atoms with Crippen LogP contribution in [0.3, 0.4) is 0 Å². The molecule has 0 aliphatic carbocycles. The van der Waals surface area contributed by atoms with Crippen LogP contribution in [0.1, 0.15) is 21.5 Å². The molecule has 0 saturated heterocycles. The predicted octanol–water partition coefficient (Wildman–Crippen LogP) is 4.28. The summed E-state index contributed by atoms with van der Waals surface area (Å²) in [6, 6.07) is 27.9. The molecule has 164 valence electrons. The maximum atomic E-state index is 12.8. The molecule has 1 atom stereocenters. The monoisotopic (exact) mass is 447 g/mol. The van der Waals surface area contributed by atoms with Crippen molar-refractivity contribution in [3.63, 3.8) is 0 Å². The van der Waals surface area contributed by atoms with Crippen LogP contribution in [0.5, 0.6) is 0 Å². The van der Waals surface area contributed by atoms with Crippen molar-refractivity contribution in [3.05, 3.63) is 108 Å².